The van der Waals surface area contributed by atoms with E-state index in [1.807, 2.05) is 0 Å². The summed E-state index contributed by atoms with van der Waals surface area (Å²) in [7, 11) is 0. The summed E-state index contributed by atoms with van der Waals surface area (Å²) >= 11 is 0. The summed E-state index contributed by atoms with van der Waals surface area (Å²) in [6, 6.07) is -1.01. The van der Waals surface area contributed by atoms with Gasteiger partial charge in [-0.15, -0.1) is 0 Å². The third-order valence-corrected chi connectivity index (χ3v) is 6.55. The molecule has 0 aromatic carbocycles. The second kappa shape index (κ2) is 21.1. The Labute approximate surface area is 211 Å². The van der Waals surface area contributed by atoms with Crippen LogP contribution in [0.2, 0.25) is 0 Å². The average molecular weight is 503 g/mol. The van der Waals surface area contributed by atoms with Gasteiger partial charge < -0.3 is 35.3 Å². The first-order chi connectivity index (χ1) is 17.0. The highest BCUT2D eigenvalue weighted by Gasteiger charge is 2.43. The van der Waals surface area contributed by atoms with Crippen molar-refractivity contribution in [2.45, 2.75) is 134 Å². The fourth-order valence-electron chi connectivity index (χ4n) is 4.29. The third kappa shape index (κ3) is 14.4. The van der Waals surface area contributed by atoms with Crippen molar-refractivity contribution in [1.82, 2.24) is 0 Å². The molecule has 6 atom stereocenters. The van der Waals surface area contributed by atoms with Crippen molar-refractivity contribution in [2.24, 2.45) is 10.8 Å². The molecule has 35 heavy (non-hydrogen) atoms. The zero-order chi connectivity index (χ0) is 25.7. The second-order valence-electron chi connectivity index (χ2n) is 9.63. The van der Waals surface area contributed by atoms with Gasteiger partial charge in [0.15, 0.2) is 6.29 Å². The van der Waals surface area contributed by atoms with E-state index in [4.69, 9.17) is 25.5 Å². The van der Waals surface area contributed by atoms with Crippen molar-refractivity contribution in [3.05, 3.63) is 10.4 Å². The lowest BCUT2D eigenvalue weighted by molar-refractivity contribution is -0.279. The standard InChI is InChI=1S/C25H50N4O6/c1-2-3-4-5-6-7-8-9-10-11-12-13-14-15-16-33-19-20(17-28-29-27)34-25-22(26)24(32)23(31)21(18-30)35-25/h20-25,30-32H,2-19,26H2,1H3/t20-,21?,22?,23+,24+,25+/m0/s1. The van der Waals surface area contributed by atoms with Gasteiger partial charge in [-0.1, -0.05) is 95.5 Å². The van der Waals surface area contributed by atoms with Gasteiger partial charge in [0.25, 0.3) is 0 Å². The van der Waals surface area contributed by atoms with Gasteiger partial charge in [-0.25, -0.2) is 0 Å². The summed E-state index contributed by atoms with van der Waals surface area (Å²) in [5, 5.41) is 32.9. The Morgan fingerprint density at radius 3 is 1.97 bits per heavy atom. The maximum atomic E-state index is 10.1. The number of hydrogen-bond donors (Lipinski definition) is 4. The molecule has 0 amide bonds. The van der Waals surface area contributed by atoms with Gasteiger partial charge in [0.1, 0.15) is 18.3 Å². The zero-order valence-electron chi connectivity index (χ0n) is 21.7. The molecule has 0 bridgehead atoms. The van der Waals surface area contributed by atoms with Gasteiger partial charge in [-0.05, 0) is 12.0 Å². The lowest BCUT2D eigenvalue weighted by Crippen LogP contribution is -2.63. The van der Waals surface area contributed by atoms with Crippen LogP contribution in [0.15, 0.2) is 5.11 Å². The SMILES string of the molecule is CCCCCCCCCCCCCCCCOC[C@H](CN=[N+]=[N-])O[C@@H]1OC(CO)[C@@H](O)[C@H](O)C1N. The Kier molecular flexibility index (Phi) is 19.4. The number of aliphatic hydroxyl groups is 3. The van der Waals surface area contributed by atoms with E-state index in [0.29, 0.717) is 6.61 Å². The minimum atomic E-state index is -1.30. The maximum absolute atomic E-state index is 10.1. The first-order valence-electron chi connectivity index (χ1n) is 13.7. The molecule has 1 saturated heterocycles. The molecule has 10 nitrogen and oxygen atoms in total. The first-order valence-corrected chi connectivity index (χ1v) is 13.7. The van der Waals surface area contributed by atoms with E-state index >= 15 is 0 Å². The Hall–Kier alpha value is -0.970. The van der Waals surface area contributed by atoms with Crippen LogP contribution in [0.1, 0.15) is 96.8 Å². The van der Waals surface area contributed by atoms with Crippen molar-refractivity contribution in [1.29, 1.82) is 0 Å². The molecule has 1 heterocycles. The van der Waals surface area contributed by atoms with Crippen LogP contribution in [-0.4, -0.2) is 78.4 Å². The predicted molar refractivity (Wildman–Crippen MR) is 136 cm³/mol. The minimum absolute atomic E-state index is 0.0181. The normalized spacial score (nSPS) is 25.3. The zero-order valence-corrected chi connectivity index (χ0v) is 21.7. The van der Waals surface area contributed by atoms with E-state index in [9.17, 15) is 15.3 Å². The van der Waals surface area contributed by atoms with Crippen LogP contribution < -0.4 is 5.73 Å². The molecular weight excluding hydrogens is 452 g/mol. The predicted octanol–water partition coefficient (Wildman–Crippen LogP) is 3.95. The van der Waals surface area contributed by atoms with E-state index in [-0.39, 0.29) is 13.2 Å². The summed E-state index contributed by atoms with van der Waals surface area (Å²) < 4.78 is 16.9. The Morgan fingerprint density at radius 2 is 1.46 bits per heavy atom. The van der Waals surface area contributed by atoms with Crippen molar-refractivity contribution >= 4 is 0 Å². The average Bonchev–Trinajstić information content (AvgIpc) is 2.86. The lowest BCUT2D eigenvalue weighted by Gasteiger charge is -2.41. The highest BCUT2D eigenvalue weighted by molar-refractivity contribution is 4.91. The molecule has 1 fully saturated rings. The molecule has 0 aromatic rings. The fourth-order valence-corrected chi connectivity index (χ4v) is 4.29. The number of rotatable bonds is 22. The molecular formula is C25H50N4O6. The van der Waals surface area contributed by atoms with E-state index in [2.05, 4.69) is 16.9 Å². The molecule has 206 valence electrons. The maximum Gasteiger partial charge on any atom is 0.176 e. The summed E-state index contributed by atoms with van der Waals surface area (Å²) in [4.78, 5) is 2.76. The Morgan fingerprint density at radius 1 is 0.914 bits per heavy atom. The molecule has 0 aromatic heterocycles. The molecule has 1 aliphatic heterocycles. The number of aliphatic hydroxyl groups excluding tert-OH is 3. The first kappa shape index (κ1) is 32.1. The number of ether oxygens (including phenoxy) is 3. The monoisotopic (exact) mass is 502 g/mol. The summed E-state index contributed by atoms with van der Waals surface area (Å²) in [6.07, 6.45) is 12.8. The van der Waals surface area contributed by atoms with Crippen LogP contribution in [0.3, 0.4) is 0 Å². The molecule has 1 rings (SSSR count). The van der Waals surface area contributed by atoms with Gasteiger partial charge in [0.2, 0.25) is 0 Å². The topological polar surface area (TPSA) is 163 Å². The molecule has 0 radical (unpaired) electrons. The van der Waals surface area contributed by atoms with E-state index in [0.717, 1.165) is 12.8 Å². The number of nitrogens with zero attached hydrogens (tertiary/aromatic N) is 3. The fraction of sp³-hybridized carbons (Fsp3) is 1.00. The van der Waals surface area contributed by atoms with Crippen molar-refractivity contribution in [3.8, 4) is 0 Å². The summed E-state index contributed by atoms with van der Waals surface area (Å²) in [5.74, 6) is 0. The van der Waals surface area contributed by atoms with E-state index in [1.54, 1.807) is 0 Å². The van der Waals surface area contributed by atoms with Gasteiger partial charge in [-0.3, -0.25) is 0 Å². The molecule has 1 aliphatic rings. The van der Waals surface area contributed by atoms with Crippen LogP contribution in [0, 0.1) is 0 Å². The van der Waals surface area contributed by atoms with Gasteiger partial charge in [0.05, 0.1) is 31.9 Å². The van der Waals surface area contributed by atoms with Gasteiger partial charge in [-0.2, -0.15) is 0 Å². The smallest absolute Gasteiger partial charge is 0.176 e. The number of unbranched alkanes of at least 4 members (excludes halogenated alkanes) is 13. The second-order valence-corrected chi connectivity index (χ2v) is 9.63. The number of azide groups is 1. The van der Waals surface area contributed by atoms with Gasteiger partial charge in [0, 0.05) is 11.5 Å². The molecule has 0 spiro atoms. The van der Waals surface area contributed by atoms with Crippen LogP contribution in [0.5, 0.6) is 0 Å². The van der Waals surface area contributed by atoms with Crippen LogP contribution >= 0.6 is 0 Å². The van der Waals surface area contributed by atoms with Crippen LogP contribution in [-0.2, 0) is 14.2 Å². The molecule has 0 saturated carbocycles. The van der Waals surface area contributed by atoms with Gasteiger partial charge >= 0.3 is 0 Å². The molecule has 5 N–H and O–H groups in total. The highest BCUT2D eigenvalue weighted by atomic mass is 16.7. The number of nitrogens with two attached hydrogens (primary N) is 1. The quantitative estimate of drug-likeness (QED) is 0.0753. The largest absolute Gasteiger partial charge is 0.394 e. The Balaban J connectivity index is 2.11. The molecule has 0 aliphatic carbocycles. The lowest BCUT2D eigenvalue weighted by atomic mass is 9.98. The van der Waals surface area contributed by atoms with E-state index < -0.39 is 43.4 Å². The molecule has 2 unspecified atom stereocenters. The summed E-state index contributed by atoms with van der Waals surface area (Å²) in [6.45, 7) is 2.55. The molecule has 10 heteroatoms. The summed E-state index contributed by atoms with van der Waals surface area (Å²) in [5.41, 5.74) is 14.6. The van der Waals surface area contributed by atoms with Crippen molar-refractivity contribution in [3.63, 3.8) is 0 Å². The Bertz CT molecular complexity index is 550. The van der Waals surface area contributed by atoms with Crippen molar-refractivity contribution in [2.75, 3.05) is 26.4 Å². The van der Waals surface area contributed by atoms with Crippen LogP contribution in [0.25, 0.3) is 10.4 Å². The minimum Gasteiger partial charge on any atom is -0.394 e. The van der Waals surface area contributed by atoms with Crippen LogP contribution in [0.4, 0.5) is 0 Å². The van der Waals surface area contributed by atoms with Crippen molar-refractivity contribution < 1.29 is 29.5 Å². The highest BCUT2D eigenvalue weighted by Crippen LogP contribution is 2.22. The third-order valence-electron chi connectivity index (χ3n) is 6.55. The number of hydrogen-bond acceptors (Lipinski definition) is 8. The van der Waals surface area contributed by atoms with E-state index in [1.165, 1.54) is 77.0 Å².